The summed E-state index contributed by atoms with van der Waals surface area (Å²) < 4.78 is 1.16. The van der Waals surface area contributed by atoms with Crippen LogP contribution in [0.3, 0.4) is 0 Å². The fourth-order valence-corrected chi connectivity index (χ4v) is 3.66. The maximum absolute atomic E-state index is 11.7. The molecule has 1 fully saturated rings. The molecule has 1 heterocycles. The van der Waals surface area contributed by atoms with Crippen molar-refractivity contribution in [1.82, 2.24) is 0 Å². The number of nitrogens with zero attached hydrogens (tertiary/aromatic N) is 1. The molecule has 0 radical (unpaired) electrons. The van der Waals surface area contributed by atoms with E-state index in [2.05, 4.69) is 26.9 Å². The van der Waals surface area contributed by atoms with Gasteiger partial charge in [0.1, 0.15) is 0 Å². The molecule has 17 heavy (non-hydrogen) atoms. The Bertz CT molecular complexity index is 464. The molecular formula is C14H16BrNO. The first-order valence-corrected chi connectivity index (χ1v) is 7.16. The fraction of sp³-hybridized carbons (Fsp3) is 0.500. The number of carbonyl (C=O) groups excluding carboxylic acids is 1. The average molecular weight is 294 g/mol. The smallest absolute Gasteiger partial charge is 0.163 e. The second kappa shape index (κ2) is 4.45. The van der Waals surface area contributed by atoms with Crippen LogP contribution in [0.1, 0.15) is 41.6 Å². The van der Waals surface area contributed by atoms with Crippen LogP contribution in [0, 0.1) is 0 Å². The highest BCUT2D eigenvalue weighted by Gasteiger charge is 2.24. The van der Waals surface area contributed by atoms with E-state index >= 15 is 0 Å². The molecule has 0 amide bonds. The molecule has 1 aromatic rings. The van der Waals surface area contributed by atoms with Crippen LogP contribution in [0.25, 0.3) is 0 Å². The number of piperidine rings is 1. The highest BCUT2D eigenvalue weighted by molar-refractivity contribution is 9.10. The summed E-state index contributed by atoms with van der Waals surface area (Å²) in [6.45, 7) is 2.29. The van der Waals surface area contributed by atoms with Crippen LogP contribution in [0.4, 0.5) is 5.69 Å². The summed E-state index contributed by atoms with van der Waals surface area (Å²) >= 11 is 3.70. The Labute approximate surface area is 110 Å². The van der Waals surface area contributed by atoms with Gasteiger partial charge in [-0.25, -0.2) is 0 Å². The van der Waals surface area contributed by atoms with Crippen molar-refractivity contribution in [2.45, 2.75) is 32.1 Å². The number of fused-ring (bicyclic) bond motifs is 1. The van der Waals surface area contributed by atoms with E-state index in [0.29, 0.717) is 12.2 Å². The minimum absolute atomic E-state index is 0.297. The summed E-state index contributed by atoms with van der Waals surface area (Å²) in [7, 11) is 0. The number of Topliss-reactive ketones (excluding diaryl/α,β-unsaturated/α-hetero) is 1. The Morgan fingerprint density at radius 3 is 2.59 bits per heavy atom. The van der Waals surface area contributed by atoms with Crippen molar-refractivity contribution < 1.29 is 4.79 Å². The minimum Gasteiger partial charge on any atom is -0.371 e. The van der Waals surface area contributed by atoms with Gasteiger partial charge in [-0.1, -0.05) is 0 Å². The van der Waals surface area contributed by atoms with E-state index in [1.165, 1.54) is 30.5 Å². The highest BCUT2D eigenvalue weighted by Crippen LogP contribution is 2.37. The second-order valence-electron chi connectivity index (χ2n) is 4.90. The number of benzene rings is 1. The summed E-state index contributed by atoms with van der Waals surface area (Å²) in [4.78, 5) is 14.1. The van der Waals surface area contributed by atoms with Crippen LogP contribution in [0.15, 0.2) is 16.6 Å². The van der Waals surface area contributed by atoms with Crippen LogP contribution in [-0.2, 0) is 6.42 Å². The molecule has 0 N–H and O–H groups in total. The molecule has 2 aliphatic rings. The average Bonchev–Trinajstić information content (AvgIpc) is 2.74. The van der Waals surface area contributed by atoms with Crippen molar-refractivity contribution in [3.63, 3.8) is 0 Å². The molecule has 2 nitrogen and oxygen atoms in total. The van der Waals surface area contributed by atoms with Gasteiger partial charge < -0.3 is 4.90 Å². The summed E-state index contributed by atoms with van der Waals surface area (Å²) in [5.41, 5.74) is 3.42. The van der Waals surface area contributed by atoms with Gasteiger partial charge >= 0.3 is 0 Å². The van der Waals surface area contributed by atoms with Crippen molar-refractivity contribution >= 4 is 27.4 Å². The molecule has 3 heteroatoms. The van der Waals surface area contributed by atoms with Crippen LogP contribution in [0.5, 0.6) is 0 Å². The number of anilines is 1. The van der Waals surface area contributed by atoms with Crippen LogP contribution < -0.4 is 4.90 Å². The number of halogens is 1. The van der Waals surface area contributed by atoms with Gasteiger partial charge in [0.2, 0.25) is 0 Å². The normalized spacial score (nSPS) is 19.6. The summed E-state index contributed by atoms with van der Waals surface area (Å²) in [6, 6.07) is 4.12. The SMILES string of the molecule is O=C1CCc2c1ccc(N1CCCCC1)c2Br. The van der Waals surface area contributed by atoms with Gasteiger partial charge in [-0.15, -0.1) is 0 Å². The number of hydrogen-bond acceptors (Lipinski definition) is 2. The van der Waals surface area contributed by atoms with E-state index in [9.17, 15) is 4.79 Å². The van der Waals surface area contributed by atoms with Gasteiger partial charge in [0.25, 0.3) is 0 Å². The topological polar surface area (TPSA) is 20.3 Å². The van der Waals surface area contributed by atoms with E-state index < -0.39 is 0 Å². The third-order valence-corrected chi connectivity index (χ3v) is 4.71. The van der Waals surface area contributed by atoms with Crippen LogP contribution in [0.2, 0.25) is 0 Å². The summed E-state index contributed by atoms with van der Waals surface area (Å²) in [5.74, 6) is 0.297. The van der Waals surface area contributed by atoms with E-state index in [4.69, 9.17) is 0 Å². The lowest BCUT2D eigenvalue weighted by atomic mass is 10.1. The molecular weight excluding hydrogens is 278 g/mol. The first-order valence-electron chi connectivity index (χ1n) is 6.37. The molecule has 0 atom stereocenters. The molecule has 3 rings (SSSR count). The van der Waals surface area contributed by atoms with Crippen molar-refractivity contribution in [2.75, 3.05) is 18.0 Å². The molecule has 1 saturated heterocycles. The van der Waals surface area contributed by atoms with Crippen molar-refractivity contribution in [3.8, 4) is 0 Å². The predicted molar refractivity (Wildman–Crippen MR) is 72.9 cm³/mol. The van der Waals surface area contributed by atoms with E-state index in [1.54, 1.807) is 0 Å². The Hall–Kier alpha value is -0.830. The monoisotopic (exact) mass is 293 g/mol. The molecule has 1 aromatic carbocycles. The van der Waals surface area contributed by atoms with Gasteiger partial charge in [-0.2, -0.15) is 0 Å². The molecule has 90 valence electrons. The largest absolute Gasteiger partial charge is 0.371 e. The number of hydrogen-bond donors (Lipinski definition) is 0. The summed E-state index contributed by atoms with van der Waals surface area (Å²) in [5, 5.41) is 0. The van der Waals surface area contributed by atoms with E-state index in [1.807, 2.05) is 6.07 Å². The maximum Gasteiger partial charge on any atom is 0.163 e. The standard InChI is InChI=1S/C14H16BrNO/c15-14-11-5-7-13(17)10(11)4-6-12(14)16-8-2-1-3-9-16/h4,6H,1-3,5,7-9H2. The minimum atomic E-state index is 0.297. The van der Waals surface area contributed by atoms with Gasteiger partial charge in [0, 0.05) is 29.5 Å². The zero-order valence-corrected chi connectivity index (χ0v) is 11.4. The molecule has 1 aliphatic carbocycles. The van der Waals surface area contributed by atoms with Gasteiger partial charge in [-0.3, -0.25) is 4.79 Å². The number of rotatable bonds is 1. The quantitative estimate of drug-likeness (QED) is 0.789. The maximum atomic E-state index is 11.7. The van der Waals surface area contributed by atoms with Crippen molar-refractivity contribution in [3.05, 3.63) is 27.7 Å². The zero-order valence-electron chi connectivity index (χ0n) is 9.84. The Kier molecular flexibility index (Phi) is 2.95. The lowest BCUT2D eigenvalue weighted by Crippen LogP contribution is -2.29. The molecule has 0 bridgehead atoms. The molecule has 0 spiro atoms. The van der Waals surface area contributed by atoms with Crippen molar-refractivity contribution in [2.24, 2.45) is 0 Å². The third kappa shape index (κ3) is 1.90. The van der Waals surface area contributed by atoms with Crippen LogP contribution >= 0.6 is 15.9 Å². The number of carbonyl (C=O) groups is 1. The van der Waals surface area contributed by atoms with E-state index in [-0.39, 0.29) is 0 Å². The highest BCUT2D eigenvalue weighted by atomic mass is 79.9. The van der Waals surface area contributed by atoms with Gasteiger partial charge in [0.15, 0.2) is 5.78 Å². The van der Waals surface area contributed by atoms with Crippen LogP contribution in [-0.4, -0.2) is 18.9 Å². The first-order chi connectivity index (χ1) is 8.27. The first kappa shape index (κ1) is 11.3. The number of ketones is 1. The Morgan fingerprint density at radius 2 is 1.82 bits per heavy atom. The molecule has 1 aliphatic heterocycles. The van der Waals surface area contributed by atoms with Gasteiger partial charge in [0.05, 0.1) is 5.69 Å². The molecule has 0 unspecified atom stereocenters. The van der Waals surface area contributed by atoms with Crippen molar-refractivity contribution in [1.29, 1.82) is 0 Å². The third-order valence-electron chi connectivity index (χ3n) is 3.82. The Morgan fingerprint density at radius 1 is 1.06 bits per heavy atom. The zero-order chi connectivity index (χ0) is 11.8. The van der Waals surface area contributed by atoms with Gasteiger partial charge in [-0.05, 0) is 59.3 Å². The Balaban J connectivity index is 1.99. The lowest BCUT2D eigenvalue weighted by molar-refractivity contribution is 0.0994. The summed E-state index contributed by atoms with van der Waals surface area (Å²) in [6.07, 6.45) is 5.48. The lowest BCUT2D eigenvalue weighted by Gasteiger charge is -2.30. The second-order valence-corrected chi connectivity index (χ2v) is 5.69. The predicted octanol–water partition coefficient (Wildman–Crippen LogP) is 3.57. The fourth-order valence-electron chi connectivity index (χ4n) is 2.87. The molecule has 0 aromatic heterocycles. The van der Waals surface area contributed by atoms with E-state index in [0.717, 1.165) is 29.5 Å². The molecule has 0 saturated carbocycles.